The predicted octanol–water partition coefficient (Wildman–Crippen LogP) is 4.58. The summed E-state index contributed by atoms with van der Waals surface area (Å²) in [6, 6.07) is 18.6. The van der Waals surface area contributed by atoms with Crippen molar-refractivity contribution in [3.63, 3.8) is 0 Å². The van der Waals surface area contributed by atoms with Crippen LogP contribution in [0.25, 0.3) is 10.9 Å². The summed E-state index contributed by atoms with van der Waals surface area (Å²) < 4.78 is 8.96. The topological polar surface area (TPSA) is 14.2 Å². The lowest BCUT2D eigenvalue weighted by atomic mass is 10.2. The smallest absolute Gasteiger partial charge is 0.123 e. The maximum absolute atomic E-state index is 5.76. The molecule has 0 saturated carbocycles. The standard InChI is InChI=1S/C16H14BrNO/c17-15-7-6-14-8-9-18(16(14)10-15)12-19-11-13-4-2-1-3-5-13/h1-10H,11-12H2. The first-order valence-electron chi connectivity index (χ1n) is 6.19. The minimum absolute atomic E-state index is 0.564. The summed E-state index contributed by atoms with van der Waals surface area (Å²) in [4.78, 5) is 0. The number of halogens is 1. The first-order valence-corrected chi connectivity index (χ1v) is 6.98. The number of ether oxygens (including phenoxy) is 1. The zero-order valence-corrected chi connectivity index (χ0v) is 12.0. The molecular formula is C16H14BrNO. The van der Waals surface area contributed by atoms with Crippen LogP contribution in [0.5, 0.6) is 0 Å². The van der Waals surface area contributed by atoms with Crippen LogP contribution in [-0.2, 0) is 18.1 Å². The number of fused-ring (bicyclic) bond motifs is 1. The first-order chi connectivity index (χ1) is 9.33. The van der Waals surface area contributed by atoms with Crippen molar-refractivity contribution in [2.75, 3.05) is 0 Å². The van der Waals surface area contributed by atoms with Crippen LogP contribution in [0.3, 0.4) is 0 Å². The number of hydrogen-bond acceptors (Lipinski definition) is 1. The molecule has 2 nitrogen and oxygen atoms in total. The molecular weight excluding hydrogens is 302 g/mol. The van der Waals surface area contributed by atoms with E-state index >= 15 is 0 Å². The Morgan fingerprint density at radius 1 is 1.00 bits per heavy atom. The Morgan fingerprint density at radius 2 is 1.84 bits per heavy atom. The fraction of sp³-hybridized carbons (Fsp3) is 0.125. The van der Waals surface area contributed by atoms with Gasteiger partial charge in [0.2, 0.25) is 0 Å². The second kappa shape index (κ2) is 5.59. The molecule has 2 aromatic carbocycles. The van der Waals surface area contributed by atoms with Gasteiger partial charge in [-0.05, 0) is 29.1 Å². The molecule has 0 spiro atoms. The summed E-state index contributed by atoms with van der Waals surface area (Å²) in [5, 5.41) is 1.23. The molecule has 3 heteroatoms. The lowest BCUT2D eigenvalue weighted by Gasteiger charge is -2.07. The third kappa shape index (κ3) is 2.88. The van der Waals surface area contributed by atoms with Crippen molar-refractivity contribution in [1.29, 1.82) is 0 Å². The van der Waals surface area contributed by atoms with Gasteiger partial charge >= 0.3 is 0 Å². The fourth-order valence-corrected chi connectivity index (χ4v) is 2.45. The van der Waals surface area contributed by atoms with Gasteiger partial charge in [-0.2, -0.15) is 0 Å². The van der Waals surface area contributed by atoms with Crippen molar-refractivity contribution in [3.05, 3.63) is 70.8 Å². The second-order valence-electron chi connectivity index (χ2n) is 4.45. The molecule has 0 bridgehead atoms. The van der Waals surface area contributed by atoms with Crippen LogP contribution in [-0.4, -0.2) is 4.57 Å². The Morgan fingerprint density at radius 3 is 2.68 bits per heavy atom. The van der Waals surface area contributed by atoms with Crippen LogP contribution in [0.4, 0.5) is 0 Å². The number of aromatic nitrogens is 1. The van der Waals surface area contributed by atoms with Gasteiger partial charge in [-0.1, -0.05) is 52.3 Å². The van der Waals surface area contributed by atoms with Crippen LogP contribution in [0, 0.1) is 0 Å². The lowest BCUT2D eigenvalue weighted by Crippen LogP contribution is -2.01. The Bertz CT molecular complexity index is 676. The first kappa shape index (κ1) is 12.5. The number of nitrogens with zero attached hydrogens (tertiary/aromatic N) is 1. The summed E-state index contributed by atoms with van der Waals surface area (Å²) in [5.74, 6) is 0. The molecule has 0 saturated heterocycles. The lowest BCUT2D eigenvalue weighted by molar-refractivity contribution is 0.0668. The summed E-state index contributed by atoms with van der Waals surface area (Å²) >= 11 is 3.50. The van der Waals surface area contributed by atoms with Crippen LogP contribution in [0.2, 0.25) is 0 Å². The molecule has 3 rings (SSSR count). The van der Waals surface area contributed by atoms with E-state index in [1.165, 1.54) is 16.5 Å². The van der Waals surface area contributed by atoms with Crippen molar-refractivity contribution in [2.45, 2.75) is 13.3 Å². The molecule has 3 aromatic rings. The summed E-state index contributed by atoms with van der Waals surface area (Å²) in [6.45, 7) is 1.20. The van der Waals surface area contributed by atoms with Crippen LogP contribution < -0.4 is 0 Å². The van der Waals surface area contributed by atoms with Gasteiger partial charge in [0.25, 0.3) is 0 Å². The normalized spacial score (nSPS) is 11.0. The molecule has 1 heterocycles. The van der Waals surface area contributed by atoms with E-state index in [1.54, 1.807) is 0 Å². The van der Waals surface area contributed by atoms with Crippen molar-refractivity contribution in [2.24, 2.45) is 0 Å². The average Bonchev–Trinajstić information content (AvgIpc) is 2.83. The van der Waals surface area contributed by atoms with Crippen LogP contribution in [0.15, 0.2) is 65.3 Å². The third-order valence-electron chi connectivity index (χ3n) is 3.08. The largest absolute Gasteiger partial charge is 0.356 e. The molecule has 0 amide bonds. The maximum Gasteiger partial charge on any atom is 0.123 e. The van der Waals surface area contributed by atoms with Crippen molar-refractivity contribution in [1.82, 2.24) is 4.57 Å². The minimum Gasteiger partial charge on any atom is -0.356 e. The summed E-state index contributed by atoms with van der Waals surface area (Å²) in [7, 11) is 0. The fourth-order valence-electron chi connectivity index (χ4n) is 2.11. The quantitative estimate of drug-likeness (QED) is 0.687. The Kier molecular flexibility index (Phi) is 3.67. The van der Waals surface area contributed by atoms with E-state index in [1.807, 2.05) is 18.2 Å². The van der Waals surface area contributed by atoms with E-state index in [9.17, 15) is 0 Å². The molecule has 0 fully saturated rings. The molecule has 0 unspecified atom stereocenters. The number of benzene rings is 2. The minimum atomic E-state index is 0.564. The Hall–Kier alpha value is -1.58. The Labute approximate surface area is 120 Å². The van der Waals surface area contributed by atoms with Gasteiger partial charge < -0.3 is 9.30 Å². The molecule has 19 heavy (non-hydrogen) atoms. The highest BCUT2D eigenvalue weighted by Crippen LogP contribution is 2.21. The molecule has 0 aliphatic carbocycles. The molecule has 0 atom stereocenters. The van der Waals surface area contributed by atoms with Gasteiger partial charge in [0.15, 0.2) is 0 Å². The van der Waals surface area contributed by atoms with Gasteiger partial charge in [0.05, 0.1) is 12.1 Å². The SMILES string of the molecule is Brc1ccc2ccn(COCc3ccccc3)c2c1. The van der Waals surface area contributed by atoms with Crippen LogP contribution >= 0.6 is 15.9 Å². The van der Waals surface area contributed by atoms with Gasteiger partial charge in [-0.3, -0.25) is 0 Å². The van der Waals surface area contributed by atoms with Gasteiger partial charge in [-0.25, -0.2) is 0 Å². The van der Waals surface area contributed by atoms with Gasteiger partial charge in [0.1, 0.15) is 6.73 Å². The van der Waals surface area contributed by atoms with E-state index in [2.05, 4.69) is 63.1 Å². The van der Waals surface area contributed by atoms with E-state index in [4.69, 9.17) is 4.74 Å². The highest BCUT2D eigenvalue weighted by Gasteiger charge is 2.01. The van der Waals surface area contributed by atoms with Crippen LogP contribution in [0.1, 0.15) is 5.56 Å². The Balaban J connectivity index is 1.70. The van der Waals surface area contributed by atoms with E-state index < -0.39 is 0 Å². The average molecular weight is 316 g/mol. The van der Waals surface area contributed by atoms with Crippen molar-refractivity contribution < 1.29 is 4.74 Å². The zero-order chi connectivity index (χ0) is 13.1. The number of hydrogen-bond donors (Lipinski definition) is 0. The monoisotopic (exact) mass is 315 g/mol. The highest BCUT2D eigenvalue weighted by atomic mass is 79.9. The molecule has 0 N–H and O–H groups in total. The highest BCUT2D eigenvalue weighted by molar-refractivity contribution is 9.10. The maximum atomic E-state index is 5.76. The van der Waals surface area contributed by atoms with Gasteiger partial charge in [0, 0.05) is 10.7 Å². The molecule has 0 aliphatic rings. The molecule has 1 aromatic heterocycles. The van der Waals surface area contributed by atoms with E-state index in [0.717, 1.165) is 4.47 Å². The van der Waals surface area contributed by atoms with Crippen molar-refractivity contribution >= 4 is 26.8 Å². The molecule has 96 valence electrons. The second-order valence-corrected chi connectivity index (χ2v) is 5.37. The zero-order valence-electron chi connectivity index (χ0n) is 10.4. The summed E-state index contributed by atoms with van der Waals surface area (Å²) in [5.41, 5.74) is 2.38. The van der Waals surface area contributed by atoms with Crippen molar-refractivity contribution in [3.8, 4) is 0 Å². The summed E-state index contributed by atoms with van der Waals surface area (Å²) in [6.07, 6.45) is 2.06. The predicted molar refractivity (Wildman–Crippen MR) is 80.9 cm³/mol. The molecule has 0 radical (unpaired) electrons. The van der Waals surface area contributed by atoms with E-state index in [0.29, 0.717) is 13.3 Å². The molecule has 0 aliphatic heterocycles. The van der Waals surface area contributed by atoms with E-state index in [-0.39, 0.29) is 0 Å². The third-order valence-corrected chi connectivity index (χ3v) is 3.57. The number of rotatable bonds is 4. The van der Waals surface area contributed by atoms with Gasteiger partial charge in [-0.15, -0.1) is 0 Å².